The topological polar surface area (TPSA) is 85.8 Å². The van der Waals surface area contributed by atoms with Crippen LogP contribution < -0.4 is 11.1 Å². The molecule has 3 N–H and O–H groups in total. The Labute approximate surface area is 123 Å². The first kappa shape index (κ1) is 13.8. The van der Waals surface area contributed by atoms with Crippen molar-refractivity contribution in [3.63, 3.8) is 0 Å². The van der Waals surface area contributed by atoms with E-state index in [-0.39, 0.29) is 18.5 Å². The molecule has 0 radical (unpaired) electrons. The molecule has 0 bridgehead atoms. The van der Waals surface area contributed by atoms with Crippen molar-refractivity contribution in [3.8, 4) is 0 Å². The number of nitrogens with zero attached hydrogens (tertiary/aromatic N) is 3. The van der Waals surface area contributed by atoms with Crippen LogP contribution in [0.5, 0.6) is 0 Å². The van der Waals surface area contributed by atoms with E-state index in [2.05, 4.69) is 27.8 Å². The zero-order valence-corrected chi connectivity index (χ0v) is 12.0. The number of fused-ring (bicyclic) bond motifs is 1. The average Bonchev–Trinajstić information content (AvgIpc) is 3.06. The van der Waals surface area contributed by atoms with Gasteiger partial charge in [0.05, 0.1) is 11.9 Å². The summed E-state index contributed by atoms with van der Waals surface area (Å²) in [6.07, 6.45) is 5.14. The third kappa shape index (κ3) is 3.11. The number of nitrogens with two attached hydrogens (primary N) is 1. The van der Waals surface area contributed by atoms with Crippen LogP contribution in [0.25, 0.3) is 0 Å². The Balaban J connectivity index is 1.63. The molecule has 1 aromatic heterocycles. The molecule has 1 aliphatic rings. The van der Waals surface area contributed by atoms with E-state index in [1.165, 1.54) is 22.2 Å². The molecule has 6 nitrogen and oxygen atoms in total. The number of carbonyl (C=O) groups is 1. The Morgan fingerprint density at radius 2 is 2.24 bits per heavy atom. The predicted molar refractivity (Wildman–Crippen MR) is 79.7 cm³/mol. The quantitative estimate of drug-likeness (QED) is 0.889. The van der Waals surface area contributed by atoms with Gasteiger partial charge in [-0.05, 0) is 49.4 Å². The largest absolute Gasteiger partial charge is 0.324 e. The molecular formula is C15H19N5O. The zero-order valence-electron chi connectivity index (χ0n) is 12.0. The smallest absolute Gasteiger partial charge is 0.246 e. The number of carbonyl (C=O) groups excluding carboxylic acids is 1. The molecule has 21 heavy (non-hydrogen) atoms. The Morgan fingerprint density at radius 3 is 3.00 bits per heavy atom. The summed E-state index contributed by atoms with van der Waals surface area (Å²) in [5.41, 5.74) is 9.97. The second-order valence-corrected chi connectivity index (χ2v) is 5.51. The molecule has 0 aliphatic heterocycles. The van der Waals surface area contributed by atoms with Crippen molar-refractivity contribution in [3.05, 3.63) is 41.2 Å². The molecule has 1 atom stereocenters. The summed E-state index contributed by atoms with van der Waals surface area (Å²) < 4.78 is 1.50. The lowest BCUT2D eigenvalue weighted by Crippen LogP contribution is -2.19. The predicted octanol–water partition coefficient (Wildman–Crippen LogP) is 1.43. The van der Waals surface area contributed by atoms with E-state index in [0.717, 1.165) is 18.5 Å². The summed E-state index contributed by atoms with van der Waals surface area (Å²) >= 11 is 0. The Bertz CT molecular complexity index is 662. The monoisotopic (exact) mass is 285 g/mol. The average molecular weight is 285 g/mol. The summed E-state index contributed by atoms with van der Waals surface area (Å²) in [5, 5.41) is 10.7. The highest BCUT2D eigenvalue weighted by Gasteiger charge is 2.12. The standard InChI is InChI=1S/C15H19N5O/c1-10(16)14-8-20(19-18-14)9-15(21)17-13-6-5-11-3-2-4-12(11)7-13/h5-8,10H,2-4,9,16H2,1H3,(H,17,21). The van der Waals surface area contributed by atoms with Crippen LogP contribution in [-0.2, 0) is 24.2 Å². The first-order valence-corrected chi connectivity index (χ1v) is 7.19. The molecule has 0 fully saturated rings. The van der Waals surface area contributed by atoms with Gasteiger partial charge in [-0.15, -0.1) is 5.10 Å². The molecule has 0 spiro atoms. The van der Waals surface area contributed by atoms with Crippen molar-refractivity contribution in [1.29, 1.82) is 0 Å². The van der Waals surface area contributed by atoms with Crippen LogP contribution in [-0.4, -0.2) is 20.9 Å². The van der Waals surface area contributed by atoms with Gasteiger partial charge in [-0.1, -0.05) is 11.3 Å². The zero-order chi connectivity index (χ0) is 14.8. The van der Waals surface area contributed by atoms with Crippen molar-refractivity contribution in [1.82, 2.24) is 15.0 Å². The van der Waals surface area contributed by atoms with Crippen molar-refractivity contribution in [2.24, 2.45) is 5.73 Å². The SMILES string of the molecule is CC(N)c1cn(CC(=O)Nc2ccc3c(c2)CCC3)nn1. The number of aromatic nitrogens is 3. The van der Waals surface area contributed by atoms with Crippen LogP contribution in [0.2, 0.25) is 0 Å². The minimum Gasteiger partial charge on any atom is -0.324 e. The minimum atomic E-state index is -0.182. The van der Waals surface area contributed by atoms with Crippen LogP contribution in [0.15, 0.2) is 24.4 Å². The van der Waals surface area contributed by atoms with Gasteiger partial charge in [-0.25, -0.2) is 4.68 Å². The fourth-order valence-corrected chi connectivity index (χ4v) is 2.60. The van der Waals surface area contributed by atoms with Gasteiger partial charge in [0.15, 0.2) is 0 Å². The number of hydrogen-bond acceptors (Lipinski definition) is 4. The molecule has 0 saturated carbocycles. The summed E-state index contributed by atoms with van der Waals surface area (Å²) in [5.74, 6) is -0.117. The third-order valence-corrected chi connectivity index (χ3v) is 3.71. The fourth-order valence-electron chi connectivity index (χ4n) is 2.60. The Morgan fingerprint density at radius 1 is 1.43 bits per heavy atom. The highest BCUT2D eigenvalue weighted by molar-refractivity contribution is 5.90. The van der Waals surface area contributed by atoms with Gasteiger partial charge in [0.1, 0.15) is 6.54 Å². The second-order valence-electron chi connectivity index (χ2n) is 5.51. The van der Waals surface area contributed by atoms with E-state index in [1.807, 2.05) is 13.0 Å². The van der Waals surface area contributed by atoms with E-state index in [0.29, 0.717) is 5.69 Å². The van der Waals surface area contributed by atoms with Crippen molar-refractivity contribution >= 4 is 11.6 Å². The summed E-state index contributed by atoms with van der Waals surface area (Å²) in [6, 6.07) is 5.94. The van der Waals surface area contributed by atoms with E-state index in [4.69, 9.17) is 5.73 Å². The summed E-state index contributed by atoms with van der Waals surface area (Å²) in [6.45, 7) is 1.97. The molecule has 1 heterocycles. The number of nitrogens with one attached hydrogen (secondary N) is 1. The van der Waals surface area contributed by atoms with Gasteiger partial charge in [-0.3, -0.25) is 4.79 Å². The number of hydrogen-bond donors (Lipinski definition) is 2. The number of rotatable bonds is 4. The van der Waals surface area contributed by atoms with Gasteiger partial charge in [-0.2, -0.15) is 0 Å². The van der Waals surface area contributed by atoms with Gasteiger partial charge in [0, 0.05) is 11.7 Å². The number of benzene rings is 1. The first-order valence-electron chi connectivity index (χ1n) is 7.19. The van der Waals surface area contributed by atoms with Gasteiger partial charge < -0.3 is 11.1 Å². The minimum absolute atomic E-state index is 0.117. The van der Waals surface area contributed by atoms with E-state index in [9.17, 15) is 4.79 Å². The molecule has 1 aliphatic carbocycles. The van der Waals surface area contributed by atoms with Gasteiger partial charge in [0.2, 0.25) is 5.91 Å². The van der Waals surface area contributed by atoms with Crippen LogP contribution in [0.1, 0.15) is 36.2 Å². The van der Waals surface area contributed by atoms with Crippen molar-refractivity contribution in [2.45, 2.75) is 38.8 Å². The molecule has 2 aromatic rings. The maximum atomic E-state index is 12.0. The summed E-state index contributed by atoms with van der Waals surface area (Å²) in [4.78, 5) is 12.0. The van der Waals surface area contributed by atoms with Crippen LogP contribution in [0.3, 0.4) is 0 Å². The van der Waals surface area contributed by atoms with E-state index < -0.39 is 0 Å². The Kier molecular flexibility index (Phi) is 3.70. The number of anilines is 1. The Hall–Kier alpha value is -2.21. The molecule has 1 amide bonds. The highest BCUT2D eigenvalue weighted by atomic mass is 16.2. The van der Waals surface area contributed by atoms with Gasteiger partial charge >= 0.3 is 0 Å². The lowest BCUT2D eigenvalue weighted by molar-refractivity contribution is -0.116. The maximum Gasteiger partial charge on any atom is 0.246 e. The number of amides is 1. The molecule has 110 valence electrons. The lowest BCUT2D eigenvalue weighted by atomic mass is 10.1. The van der Waals surface area contributed by atoms with Crippen molar-refractivity contribution < 1.29 is 4.79 Å². The van der Waals surface area contributed by atoms with E-state index >= 15 is 0 Å². The van der Waals surface area contributed by atoms with Crippen LogP contribution >= 0.6 is 0 Å². The highest BCUT2D eigenvalue weighted by Crippen LogP contribution is 2.24. The molecule has 6 heteroatoms. The van der Waals surface area contributed by atoms with Crippen LogP contribution in [0.4, 0.5) is 5.69 Å². The molecule has 0 saturated heterocycles. The maximum absolute atomic E-state index is 12.0. The summed E-state index contributed by atoms with van der Waals surface area (Å²) in [7, 11) is 0. The first-order chi connectivity index (χ1) is 10.1. The molecule has 1 unspecified atom stereocenters. The second kappa shape index (κ2) is 5.65. The molecule has 3 rings (SSSR count). The fraction of sp³-hybridized carbons (Fsp3) is 0.400. The van der Waals surface area contributed by atoms with Crippen molar-refractivity contribution in [2.75, 3.05) is 5.32 Å². The molecule has 1 aromatic carbocycles. The molecular weight excluding hydrogens is 266 g/mol. The van der Waals surface area contributed by atoms with Gasteiger partial charge in [0.25, 0.3) is 0 Å². The van der Waals surface area contributed by atoms with Crippen LogP contribution in [0, 0.1) is 0 Å². The van der Waals surface area contributed by atoms with E-state index in [1.54, 1.807) is 6.20 Å². The third-order valence-electron chi connectivity index (χ3n) is 3.71. The normalized spacial score (nSPS) is 14.8. The lowest BCUT2D eigenvalue weighted by Gasteiger charge is -2.07. The number of aryl methyl sites for hydroxylation is 2.